The number of phosphoric acid groups is 1. The Morgan fingerprint density at radius 3 is 2.80 bits per heavy atom. The van der Waals surface area contributed by atoms with Crippen LogP contribution in [0.1, 0.15) is 31.7 Å². The summed E-state index contributed by atoms with van der Waals surface area (Å²) < 4.78 is 45.6. The van der Waals surface area contributed by atoms with Crippen LogP contribution in [0.25, 0.3) is 0 Å². The molecule has 1 aromatic carbocycles. The van der Waals surface area contributed by atoms with Gasteiger partial charge in [0.15, 0.2) is 0 Å². The Kier molecular flexibility index (Phi) is 8.00. The van der Waals surface area contributed by atoms with Gasteiger partial charge in [-0.15, -0.1) is 0 Å². The van der Waals surface area contributed by atoms with Crippen molar-refractivity contribution >= 4 is 41.2 Å². The van der Waals surface area contributed by atoms with Gasteiger partial charge < -0.3 is 5.11 Å². The summed E-state index contributed by atoms with van der Waals surface area (Å²) in [6.07, 6.45) is -1.52. The normalized spacial score (nSPS) is 30.8. The number of aromatic amines is 1. The lowest BCUT2D eigenvalue weighted by atomic mass is 10.1. The van der Waals surface area contributed by atoms with E-state index in [0.717, 1.165) is 27.3 Å². The summed E-state index contributed by atoms with van der Waals surface area (Å²) in [5.41, 5.74) is -0.435. The average molecular weight is 565 g/mol. The number of H-pyrrole nitrogens is 1. The van der Waals surface area contributed by atoms with E-state index in [1.165, 1.54) is 0 Å². The number of aliphatic hydroxyl groups excluding tert-OH is 1. The Bertz CT molecular complexity index is 1240. The highest BCUT2D eigenvalue weighted by Crippen LogP contribution is 2.64. The molecule has 35 heavy (non-hydrogen) atoms. The van der Waals surface area contributed by atoms with Gasteiger partial charge in [-0.3, -0.25) is 27.9 Å². The van der Waals surface area contributed by atoms with E-state index in [2.05, 4.69) is 25.8 Å². The fraction of sp³-hybridized carbons (Fsp3) is 0.524. The summed E-state index contributed by atoms with van der Waals surface area (Å²) in [4.78, 5) is 26.6. The molecule has 0 amide bonds. The maximum Gasteiger partial charge on any atom is 0.475 e. The molecule has 3 unspecified atom stereocenters. The van der Waals surface area contributed by atoms with Crippen molar-refractivity contribution in [2.75, 3.05) is 13.2 Å². The van der Waals surface area contributed by atoms with Crippen molar-refractivity contribution in [3.05, 3.63) is 62.9 Å². The molecule has 0 bridgehead atoms. The molecule has 2 aliphatic heterocycles. The van der Waals surface area contributed by atoms with Gasteiger partial charge >= 0.3 is 13.5 Å². The first-order valence-corrected chi connectivity index (χ1v) is 15.3. The molecule has 0 spiro atoms. The minimum Gasteiger partial charge on any atom is -0.387 e. The Morgan fingerprint density at radius 2 is 2.09 bits per heavy atom. The van der Waals surface area contributed by atoms with Gasteiger partial charge in [0, 0.05) is 21.9 Å². The second-order valence-electron chi connectivity index (χ2n) is 9.02. The van der Waals surface area contributed by atoms with E-state index in [-0.39, 0.29) is 11.4 Å². The zero-order valence-electron chi connectivity index (χ0n) is 19.2. The van der Waals surface area contributed by atoms with Crippen LogP contribution < -0.4 is 11.2 Å². The minimum atomic E-state index is -4.17. The Balaban J connectivity index is 1.41. The Morgan fingerprint density at radius 1 is 1.34 bits per heavy atom. The number of aromatic nitrogens is 2. The molecular weight excluding hydrogens is 538 g/mol. The third-order valence-corrected chi connectivity index (χ3v) is 11.5. The van der Waals surface area contributed by atoms with Crippen molar-refractivity contribution < 1.29 is 27.6 Å². The number of nitrogens with zero attached hydrogens (tertiary/aromatic N) is 1. The van der Waals surface area contributed by atoms with E-state index >= 15 is 4.39 Å². The molecule has 0 saturated carbocycles. The second-order valence-corrected chi connectivity index (χ2v) is 15.0. The van der Waals surface area contributed by atoms with Crippen molar-refractivity contribution in [2.24, 2.45) is 0 Å². The minimum absolute atomic E-state index is 0.00686. The van der Waals surface area contributed by atoms with Crippen LogP contribution in [0.15, 0.2) is 51.0 Å². The summed E-state index contributed by atoms with van der Waals surface area (Å²) in [7, 11) is -0.792. The first-order chi connectivity index (χ1) is 16.4. The molecule has 1 aromatic heterocycles. The number of alkyl halides is 1. The number of phosphoric ester groups is 1. The Hall–Kier alpha value is -1.05. The molecular formula is C21H26FN2O7PS3. The highest BCUT2D eigenvalue weighted by molar-refractivity contribution is 8.77. The van der Waals surface area contributed by atoms with Gasteiger partial charge in [-0.1, -0.05) is 72.3 Å². The molecule has 2 fully saturated rings. The number of benzene rings is 1. The van der Waals surface area contributed by atoms with E-state index < -0.39 is 48.3 Å². The molecule has 0 radical (unpaired) electrons. The van der Waals surface area contributed by atoms with Crippen molar-refractivity contribution in [3.63, 3.8) is 0 Å². The predicted molar refractivity (Wildman–Crippen MR) is 136 cm³/mol. The number of rotatable bonds is 7. The lowest BCUT2D eigenvalue weighted by Gasteiger charge is -2.35. The maximum absolute atomic E-state index is 15.5. The fourth-order valence-corrected chi connectivity index (χ4v) is 8.74. The molecule has 2 saturated heterocycles. The molecule has 4 rings (SSSR count). The molecule has 9 nitrogen and oxygen atoms in total. The first kappa shape index (κ1) is 27.0. The number of thioether (sulfide) groups is 1. The van der Waals surface area contributed by atoms with Crippen molar-refractivity contribution in [1.29, 1.82) is 0 Å². The molecule has 3 heterocycles. The van der Waals surface area contributed by atoms with Gasteiger partial charge in [-0.05, 0) is 18.1 Å². The van der Waals surface area contributed by atoms with Crippen molar-refractivity contribution in [1.82, 2.24) is 9.55 Å². The molecule has 2 aliphatic rings. The highest BCUT2D eigenvalue weighted by atomic mass is 33.1. The summed E-state index contributed by atoms with van der Waals surface area (Å²) >= 11 is 0.601. The first-order valence-electron chi connectivity index (χ1n) is 10.8. The van der Waals surface area contributed by atoms with Gasteiger partial charge in [0.1, 0.15) is 24.2 Å². The van der Waals surface area contributed by atoms with Crippen LogP contribution in [-0.4, -0.2) is 49.8 Å². The Labute approximate surface area is 213 Å². The van der Waals surface area contributed by atoms with Crippen LogP contribution in [0, 0.1) is 0 Å². The lowest BCUT2D eigenvalue weighted by molar-refractivity contribution is -0.0861. The molecule has 14 heteroatoms. The molecule has 0 aliphatic carbocycles. The quantitative estimate of drug-likeness (QED) is 0.375. The number of hydrogen-bond donors (Lipinski definition) is 2. The van der Waals surface area contributed by atoms with E-state index in [9.17, 15) is 19.3 Å². The topological polar surface area (TPSA) is 120 Å². The van der Waals surface area contributed by atoms with Gasteiger partial charge in [0.2, 0.25) is 5.00 Å². The third kappa shape index (κ3) is 6.27. The smallest absolute Gasteiger partial charge is 0.387 e. The lowest BCUT2D eigenvalue weighted by Crippen LogP contribution is -2.46. The SMILES string of the molecule is CC(C)(C)SSc1ccccc1CCOP1(=O)OC[C@@]2(F)S[C@@H](n3ccc(=O)[nH]c3=O)C(O)C2O1. The number of halogens is 1. The number of fused-ring (bicyclic) bond motifs is 1. The molecule has 5 atom stereocenters. The predicted octanol–water partition coefficient (Wildman–Crippen LogP) is 4.13. The van der Waals surface area contributed by atoms with Crippen LogP contribution in [-0.2, 0) is 24.6 Å². The van der Waals surface area contributed by atoms with Crippen LogP contribution >= 0.6 is 41.2 Å². The van der Waals surface area contributed by atoms with Crippen molar-refractivity contribution in [3.8, 4) is 0 Å². The van der Waals surface area contributed by atoms with Crippen LogP contribution in [0.4, 0.5) is 4.39 Å². The van der Waals surface area contributed by atoms with E-state index in [4.69, 9.17) is 13.6 Å². The second kappa shape index (κ2) is 10.4. The highest BCUT2D eigenvalue weighted by Gasteiger charge is 2.63. The van der Waals surface area contributed by atoms with Crippen molar-refractivity contribution in [2.45, 2.75) is 59.4 Å². The maximum atomic E-state index is 15.5. The van der Waals surface area contributed by atoms with Crippen LogP contribution in [0.5, 0.6) is 0 Å². The van der Waals surface area contributed by atoms with Crippen LogP contribution in [0.2, 0.25) is 0 Å². The fourth-order valence-electron chi connectivity index (χ4n) is 3.48. The third-order valence-electron chi connectivity index (χ3n) is 5.11. The van der Waals surface area contributed by atoms with E-state index in [1.807, 2.05) is 24.3 Å². The van der Waals surface area contributed by atoms with Gasteiger partial charge in [0.05, 0.1) is 6.61 Å². The monoisotopic (exact) mass is 564 g/mol. The van der Waals surface area contributed by atoms with Gasteiger partial charge in [-0.2, -0.15) is 0 Å². The molecule has 192 valence electrons. The number of nitrogens with one attached hydrogen (secondary N) is 1. The standard InChI is InChI=1S/C21H26FN2O7PS3/c1-20(2,3)35-34-14-7-5-4-6-13(14)9-11-29-32(28)30-12-21(22)17(31-32)16(26)18(33-21)24-10-8-15(25)23-19(24)27/h4-8,10,16-18,26H,9,11-12H2,1-3H3,(H,23,25,27)/t16?,17?,18-,21-,32?/m1/s1. The summed E-state index contributed by atoms with van der Waals surface area (Å²) in [6.45, 7) is 5.71. The van der Waals surface area contributed by atoms with Gasteiger partial charge in [0.25, 0.3) is 5.56 Å². The van der Waals surface area contributed by atoms with E-state index in [1.54, 1.807) is 21.6 Å². The van der Waals surface area contributed by atoms with Crippen LogP contribution in [0.3, 0.4) is 0 Å². The molecule has 2 N–H and O–H groups in total. The summed E-state index contributed by atoms with van der Waals surface area (Å²) in [5.74, 6) is 0. The summed E-state index contributed by atoms with van der Waals surface area (Å²) in [5, 5.41) is 7.34. The average Bonchev–Trinajstić information content (AvgIpc) is 3.03. The number of aliphatic hydroxyl groups is 1. The number of hydrogen-bond acceptors (Lipinski definition) is 10. The van der Waals surface area contributed by atoms with Gasteiger partial charge in [-0.25, -0.2) is 13.8 Å². The largest absolute Gasteiger partial charge is 0.475 e. The zero-order valence-corrected chi connectivity index (χ0v) is 22.6. The summed E-state index contributed by atoms with van der Waals surface area (Å²) in [6, 6.07) is 8.87. The zero-order chi connectivity index (χ0) is 25.4. The van der Waals surface area contributed by atoms with E-state index in [0.29, 0.717) is 18.2 Å². The molecule has 2 aromatic rings.